The summed E-state index contributed by atoms with van der Waals surface area (Å²) < 4.78 is 5.20. The number of nitrogens with one attached hydrogen (secondary N) is 2. The molecule has 3 amide bonds. The molecule has 6 heteroatoms. The molecule has 0 spiro atoms. The molecule has 142 valence electrons. The minimum absolute atomic E-state index is 0.0425. The van der Waals surface area contributed by atoms with Crippen molar-refractivity contribution in [2.24, 2.45) is 5.92 Å². The maximum absolute atomic E-state index is 12.4. The van der Waals surface area contributed by atoms with Crippen LogP contribution in [0, 0.1) is 5.92 Å². The van der Waals surface area contributed by atoms with Crippen LogP contribution in [0.2, 0.25) is 0 Å². The SMILES string of the molecule is COc1cccc(CNC(=O)C2CCN(C(=O)Nc3ccccc3)CC2)c1. The molecule has 0 radical (unpaired) electrons. The highest BCUT2D eigenvalue weighted by Gasteiger charge is 2.27. The standard InChI is InChI=1S/C21H25N3O3/c1-27-19-9-5-6-16(14-19)15-22-20(25)17-10-12-24(13-11-17)21(26)23-18-7-3-2-4-8-18/h2-9,14,17H,10-13,15H2,1H3,(H,22,25)(H,23,26). The monoisotopic (exact) mass is 367 g/mol. The third kappa shape index (κ3) is 5.23. The van der Waals surface area contributed by atoms with Gasteiger partial charge in [0.1, 0.15) is 5.75 Å². The molecule has 0 aromatic heterocycles. The van der Waals surface area contributed by atoms with Crippen molar-refractivity contribution in [3.05, 3.63) is 60.2 Å². The molecule has 0 saturated carbocycles. The summed E-state index contributed by atoms with van der Waals surface area (Å²) in [6, 6.07) is 16.9. The number of methoxy groups -OCH3 is 1. The second-order valence-electron chi connectivity index (χ2n) is 6.63. The highest BCUT2D eigenvalue weighted by molar-refractivity contribution is 5.89. The molecule has 1 heterocycles. The number of para-hydroxylation sites is 1. The molecule has 6 nitrogen and oxygen atoms in total. The largest absolute Gasteiger partial charge is 0.497 e. The summed E-state index contributed by atoms with van der Waals surface area (Å²) in [6.07, 6.45) is 1.35. The van der Waals surface area contributed by atoms with Crippen LogP contribution in [-0.4, -0.2) is 37.0 Å². The van der Waals surface area contributed by atoms with E-state index in [2.05, 4.69) is 10.6 Å². The zero-order valence-electron chi connectivity index (χ0n) is 15.5. The first-order valence-corrected chi connectivity index (χ1v) is 9.17. The van der Waals surface area contributed by atoms with Crippen molar-refractivity contribution in [3.8, 4) is 5.75 Å². The lowest BCUT2D eigenvalue weighted by molar-refractivity contribution is -0.126. The minimum atomic E-state index is -0.114. The van der Waals surface area contributed by atoms with E-state index in [0.717, 1.165) is 17.0 Å². The number of hydrogen-bond donors (Lipinski definition) is 2. The molecule has 0 aliphatic carbocycles. The van der Waals surface area contributed by atoms with Crippen molar-refractivity contribution in [3.63, 3.8) is 0 Å². The smallest absolute Gasteiger partial charge is 0.321 e. The van der Waals surface area contributed by atoms with Gasteiger partial charge in [0.05, 0.1) is 7.11 Å². The number of carbonyl (C=O) groups is 2. The average molecular weight is 367 g/mol. The Hall–Kier alpha value is -3.02. The van der Waals surface area contributed by atoms with Crippen molar-refractivity contribution in [2.45, 2.75) is 19.4 Å². The normalized spacial score (nSPS) is 14.5. The Labute approximate surface area is 159 Å². The summed E-state index contributed by atoms with van der Waals surface area (Å²) in [6.45, 7) is 1.64. The first-order valence-electron chi connectivity index (χ1n) is 9.17. The molecule has 2 aromatic carbocycles. The quantitative estimate of drug-likeness (QED) is 0.852. The predicted octanol–water partition coefficient (Wildman–Crippen LogP) is 3.26. The van der Waals surface area contributed by atoms with Crippen LogP contribution in [0.15, 0.2) is 54.6 Å². The summed E-state index contributed by atoms with van der Waals surface area (Å²) >= 11 is 0. The van der Waals surface area contributed by atoms with Gasteiger partial charge in [-0.05, 0) is 42.7 Å². The van der Waals surface area contributed by atoms with Crippen molar-refractivity contribution in [1.82, 2.24) is 10.2 Å². The number of rotatable bonds is 5. The summed E-state index contributed by atoms with van der Waals surface area (Å²) in [4.78, 5) is 26.5. The molecule has 1 aliphatic rings. The van der Waals surface area contributed by atoms with Gasteiger partial charge in [0, 0.05) is 31.2 Å². The Morgan fingerprint density at radius 1 is 1.07 bits per heavy atom. The predicted molar refractivity (Wildman–Crippen MR) is 105 cm³/mol. The van der Waals surface area contributed by atoms with Crippen LogP contribution in [0.5, 0.6) is 5.75 Å². The fraction of sp³-hybridized carbons (Fsp3) is 0.333. The number of nitrogens with zero attached hydrogens (tertiary/aromatic N) is 1. The number of urea groups is 1. The number of piperidine rings is 1. The highest BCUT2D eigenvalue weighted by Crippen LogP contribution is 2.19. The van der Waals surface area contributed by atoms with Gasteiger partial charge < -0.3 is 20.3 Å². The Balaban J connectivity index is 1.44. The van der Waals surface area contributed by atoms with Gasteiger partial charge in [0.15, 0.2) is 0 Å². The average Bonchev–Trinajstić information content (AvgIpc) is 2.73. The number of benzene rings is 2. The third-order valence-electron chi connectivity index (χ3n) is 4.78. The second kappa shape index (κ2) is 9.07. The molecule has 0 bridgehead atoms. The van der Waals surface area contributed by atoms with E-state index in [-0.39, 0.29) is 17.9 Å². The maximum Gasteiger partial charge on any atom is 0.321 e. The van der Waals surface area contributed by atoms with Crippen LogP contribution in [-0.2, 0) is 11.3 Å². The minimum Gasteiger partial charge on any atom is -0.497 e. The van der Waals surface area contributed by atoms with Gasteiger partial charge >= 0.3 is 6.03 Å². The van der Waals surface area contributed by atoms with Crippen molar-refractivity contribution in [2.75, 3.05) is 25.5 Å². The summed E-state index contributed by atoms with van der Waals surface area (Å²) in [7, 11) is 1.62. The Bertz CT molecular complexity index is 771. The molecule has 1 fully saturated rings. The molecule has 2 aromatic rings. The first kappa shape index (κ1) is 18.8. The van der Waals surface area contributed by atoms with Gasteiger partial charge in [-0.2, -0.15) is 0 Å². The van der Waals surface area contributed by atoms with Gasteiger partial charge in [-0.3, -0.25) is 4.79 Å². The van der Waals surface area contributed by atoms with Crippen LogP contribution >= 0.6 is 0 Å². The zero-order valence-corrected chi connectivity index (χ0v) is 15.5. The van der Waals surface area contributed by atoms with Gasteiger partial charge in [-0.1, -0.05) is 30.3 Å². The van der Waals surface area contributed by atoms with E-state index in [1.165, 1.54) is 0 Å². The van der Waals surface area contributed by atoms with E-state index in [4.69, 9.17) is 4.74 Å². The molecular weight excluding hydrogens is 342 g/mol. The van der Waals surface area contributed by atoms with Gasteiger partial charge in [0.2, 0.25) is 5.91 Å². The van der Waals surface area contributed by atoms with Crippen LogP contribution in [0.25, 0.3) is 0 Å². The van der Waals surface area contributed by atoms with Gasteiger partial charge in [-0.25, -0.2) is 4.79 Å². The van der Waals surface area contributed by atoms with Crippen LogP contribution in [0.1, 0.15) is 18.4 Å². The third-order valence-corrected chi connectivity index (χ3v) is 4.78. The number of hydrogen-bond acceptors (Lipinski definition) is 3. The van der Waals surface area contributed by atoms with E-state index in [9.17, 15) is 9.59 Å². The van der Waals surface area contributed by atoms with Gasteiger partial charge in [-0.15, -0.1) is 0 Å². The lowest BCUT2D eigenvalue weighted by Crippen LogP contribution is -2.44. The van der Waals surface area contributed by atoms with Crippen LogP contribution < -0.4 is 15.4 Å². The summed E-state index contributed by atoms with van der Waals surface area (Å²) in [5.41, 5.74) is 1.78. The van der Waals surface area contributed by atoms with Crippen molar-refractivity contribution in [1.29, 1.82) is 0 Å². The maximum atomic E-state index is 12.4. The number of likely N-dealkylation sites (tertiary alicyclic amines) is 1. The van der Waals surface area contributed by atoms with E-state index >= 15 is 0 Å². The van der Waals surface area contributed by atoms with E-state index in [1.54, 1.807) is 12.0 Å². The number of ether oxygens (including phenoxy) is 1. The van der Waals surface area contributed by atoms with E-state index < -0.39 is 0 Å². The molecular formula is C21H25N3O3. The summed E-state index contributed by atoms with van der Waals surface area (Å²) in [5.74, 6) is 0.761. The Morgan fingerprint density at radius 2 is 1.81 bits per heavy atom. The van der Waals surface area contributed by atoms with E-state index in [0.29, 0.717) is 32.5 Å². The second-order valence-corrected chi connectivity index (χ2v) is 6.63. The Morgan fingerprint density at radius 3 is 2.52 bits per heavy atom. The van der Waals surface area contributed by atoms with Crippen LogP contribution in [0.4, 0.5) is 10.5 Å². The molecule has 3 rings (SSSR count). The Kier molecular flexibility index (Phi) is 6.30. The van der Waals surface area contributed by atoms with Crippen molar-refractivity contribution < 1.29 is 14.3 Å². The molecule has 1 saturated heterocycles. The first-order chi connectivity index (χ1) is 13.2. The lowest BCUT2D eigenvalue weighted by Gasteiger charge is -2.31. The molecule has 2 N–H and O–H groups in total. The van der Waals surface area contributed by atoms with Gasteiger partial charge in [0.25, 0.3) is 0 Å². The lowest BCUT2D eigenvalue weighted by atomic mass is 9.96. The fourth-order valence-corrected chi connectivity index (χ4v) is 3.18. The van der Waals surface area contributed by atoms with Crippen molar-refractivity contribution >= 4 is 17.6 Å². The molecule has 1 aliphatic heterocycles. The summed E-state index contributed by atoms with van der Waals surface area (Å²) in [5, 5.41) is 5.88. The van der Waals surface area contributed by atoms with E-state index in [1.807, 2.05) is 54.6 Å². The zero-order chi connectivity index (χ0) is 19.1. The topological polar surface area (TPSA) is 70.7 Å². The van der Waals surface area contributed by atoms with Crippen LogP contribution in [0.3, 0.4) is 0 Å². The number of carbonyl (C=O) groups excluding carboxylic acids is 2. The highest BCUT2D eigenvalue weighted by atomic mass is 16.5. The molecule has 0 unspecified atom stereocenters. The number of amides is 3. The fourth-order valence-electron chi connectivity index (χ4n) is 3.18. The molecule has 27 heavy (non-hydrogen) atoms. The molecule has 0 atom stereocenters. The number of anilines is 1.